The van der Waals surface area contributed by atoms with Crippen molar-refractivity contribution < 1.29 is 14.2 Å². The monoisotopic (exact) mass is 197 g/mol. The molecule has 4 heteroatoms. The third kappa shape index (κ3) is 1.36. The van der Waals surface area contributed by atoms with E-state index in [2.05, 4.69) is 0 Å². The Morgan fingerprint density at radius 1 is 1.57 bits per heavy atom. The number of fused-ring (bicyclic) bond motifs is 1. The van der Waals surface area contributed by atoms with Crippen LogP contribution in [0.25, 0.3) is 0 Å². The van der Waals surface area contributed by atoms with Crippen molar-refractivity contribution in [3.8, 4) is 5.75 Å². The zero-order valence-electron chi connectivity index (χ0n) is 7.66. The van der Waals surface area contributed by atoms with Crippen LogP contribution < -0.4 is 10.5 Å². The topological polar surface area (TPSA) is 55.5 Å². The number of ether oxygens (including phenoxy) is 1. The van der Waals surface area contributed by atoms with E-state index in [0.29, 0.717) is 24.3 Å². The summed E-state index contributed by atoms with van der Waals surface area (Å²) in [6, 6.07) is 4.10. The second-order valence-corrected chi connectivity index (χ2v) is 3.47. The molecule has 1 aromatic carbocycles. The van der Waals surface area contributed by atoms with Crippen LogP contribution in [0.2, 0.25) is 0 Å². The zero-order chi connectivity index (χ0) is 10.2. The SMILES string of the molecule is NCC1(O)CCOc2ccc(F)cc21. The number of rotatable bonds is 1. The third-order valence-corrected chi connectivity index (χ3v) is 2.55. The first-order valence-corrected chi connectivity index (χ1v) is 4.51. The van der Waals surface area contributed by atoms with Gasteiger partial charge in [-0.1, -0.05) is 0 Å². The van der Waals surface area contributed by atoms with Gasteiger partial charge in [0, 0.05) is 18.5 Å². The van der Waals surface area contributed by atoms with Gasteiger partial charge in [-0.2, -0.15) is 0 Å². The van der Waals surface area contributed by atoms with Gasteiger partial charge in [-0.3, -0.25) is 0 Å². The first-order valence-electron chi connectivity index (χ1n) is 4.51. The molecule has 0 bridgehead atoms. The molecule has 3 N–H and O–H groups in total. The summed E-state index contributed by atoms with van der Waals surface area (Å²) >= 11 is 0. The van der Waals surface area contributed by atoms with Crippen LogP contribution in [-0.4, -0.2) is 18.3 Å². The summed E-state index contributed by atoms with van der Waals surface area (Å²) in [7, 11) is 0. The van der Waals surface area contributed by atoms with Gasteiger partial charge in [-0.25, -0.2) is 4.39 Å². The zero-order valence-corrected chi connectivity index (χ0v) is 7.66. The number of benzene rings is 1. The van der Waals surface area contributed by atoms with Gasteiger partial charge >= 0.3 is 0 Å². The number of aliphatic hydroxyl groups is 1. The normalized spacial score (nSPS) is 25.4. The summed E-state index contributed by atoms with van der Waals surface area (Å²) in [4.78, 5) is 0. The molecule has 1 atom stereocenters. The molecule has 0 saturated heterocycles. The highest BCUT2D eigenvalue weighted by Gasteiger charge is 2.34. The minimum absolute atomic E-state index is 0.0762. The molecular formula is C10H12FNO2. The van der Waals surface area contributed by atoms with E-state index in [1.165, 1.54) is 18.2 Å². The van der Waals surface area contributed by atoms with E-state index in [4.69, 9.17) is 10.5 Å². The Morgan fingerprint density at radius 2 is 2.36 bits per heavy atom. The van der Waals surface area contributed by atoms with E-state index in [1.54, 1.807) is 0 Å². The molecule has 1 aliphatic rings. The summed E-state index contributed by atoms with van der Waals surface area (Å²) in [5.41, 5.74) is 4.78. The fourth-order valence-electron chi connectivity index (χ4n) is 1.67. The van der Waals surface area contributed by atoms with Crippen LogP contribution in [0.1, 0.15) is 12.0 Å². The lowest BCUT2D eigenvalue weighted by Crippen LogP contribution is -2.39. The van der Waals surface area contributed by atoms with E-state index in [9.17, 15) is 9.50 Å². The Kier molecular flexibility index (Phi) is 2.17. The minimum atomic E-state index is -1.14. The number of hydrogen-bond donors (Lipinski definition) is 2. The molecule has 0 saturated carbocycles. The van der Waals surface area contributed by atoms with Crippen LogP contribution in [-0.2, 0) is 5.60 Å². The third-order valence-electron chi connectivity index (χ3n) is 2.55. The molecule has 2 rings (SSSR count). The van der Waals surface area contributed by atoms with Crippen molar-refractivity contribution in [2.75, 3.05) is 13.2 Å². The first kappa shape index (κ1) is 9.43. The van der Waals surface area contributed by atoms with Crippen molar-refractivity contribution in [2.45, 2.75) is 12.0 Å². The van der Waals surface area contributed by atoms with Gasteiger partial charge in [-0.15, -0.1) is 0 Å². The Labute approximate surface area is 81.3 Å². The second kappa shape index (κ2) is 3.22. The van der Waals surface area contributed by atoms with E-state index in [0.717, 1.165) is 0 Å². The summed E-state index contributed by atoms with van der Waals surface area (Å²) in [6.45, 7) is 0.485. The maximum atomic E-state index is 13.0. The Hall–Kier alpha value is -1.13. The molecule has 0 fully saturated rings. The maximum Gasteiger partial charge on any atom is 0.125 e. The van der Waals surface area contributed by atoms with Gasteiger partial charge in [0.2, 0.25) is 0 Å². The summed E-state index contributed by atoms with van der Waals surface area (Å²) in [6.07, 6.45) is 0.403. The van der Waals surface area contributed by atoms with E-state index in [1.807, 2.05) is 0 Å². The van der Waals surface area contributed by atoms with Gasteiger partial charge in [0.25, 0.3) is 0 Å². The number of nitrogens with two attached hydrogens (primary N) is 1. The Morgan fingerprint density at radius 3 is 3.07 bits per heavy atom. The summed E-state index contributed by atoms with van der Waals surface area (Å²) in [5, 5.41) is 10.1. The molecule has 0 spiro atoms. The Bertz CT molecular complexity index is 356. The fourth-order valence-corrected chi connectivity index (χ4v) is 1.67. The smallest absolute Gasteiger partial charge is 0.125 e. The molecule has 0 radical (unpaired) electrons. The van der Waals surface area contributed by atoms with Crippen molar-refractivity contribution in [1.29, 1.82) is 0 Å². The average Bonchev–Trinajstić information content (AvgIpc) is 2.20. The molecule has 1 unspecified atom stereocenters. The van der Waals surface area contributed by atoms with Crippen LogP contribution in [0.15, 0.2) is 18.2 Å². The van der Waals surface area contributed by atoms with E-state index in [-0.39, 0.29) is 12.4 Å². The van der Waals surface area contributed by atoms with Crippen LogP contribution >= 0.6 is 0 Å². The molecule has 76 valence electrons. The molecule has 14 heavy (non-hydrogen) atoms. The lowest BCUT2D eigenvalue weighted by molar-refractivity contribution is 0.00500. The highest BCUT2D eigenvalue weighted by molar-refractivity contribution is 5.40. The molecule has 1 heterocycles. The molecule has 3 nitrogen and oxygen atoms in total. The quantitative estimate of drug-likeness (QED) is 0.698. The van der Waals surface area contributed by atoms with E-state index < -0.39 is 5.60 Å². The van der Waals surface area contributed by atoms with Gasteiger partial charge in [0.15, 0.2) is 0 Å². The number of hydrogen-bond acceptors (Lipinski definition) is 3. The number of halogens is 1. The molecule has 0 aliphatic carbocycles. The van der Waals surface area contributed by atoms with Crippen molar-refractivity contribution in [1.82, 2.24) is 0 Å². The van der Waals surface area contributed by atoms with Crippen molar-refractivity contribution in [2.24, 2.45) is 5.73 Å². The standard InChI is InChI=1S/C10H12FNO2/c11-7-1-2-9-8(5-7)10(13,6-12)3-4-14-9/h1-2,5,13H,3-4,6,12H2. The molecule has 0 amide bonds. The van der Waals surface area contributed by atoms with Crippen molar-refractivity contribution in [3.63, 3.8) is 0 Å². The predicted octanol–water partition coefficient (Wildman–Crippen LogP) is 0.754. The molecule has 1 aliphatic heterocycles. The lowest BCUT2D eigenvalue weighted by atomic mass is 9.88. The minimum Gasteiger partial charge on any atom is -0.493 e. The lowest BCUT2D eigenvalue weighted by Gasteiger charge is -2.33. The van der Waals surface area contributed by atoms with Crippen LogP contribution in [0.4, 0.5) is 4.39 Å². The fraction of sp³-hybridized carbons (Fsp3) is 0.400. The second-order valence-electron chi connectivity index (χ2n) is 3.47. The summed E-state index contributed by atoms with van der Waals surface area (Å²) < 4.78 is 18.3. The largest absolute Gasteiger partial charge is 0.493 e. The van der Waals surface area contributed by atoms with Crippen molar-refractivity contribution >= 4 is 0 Å². The van der Waals surface area contributed by atoms with Gasteiger partial charge in [0.1, 0.15) is 17.2 Å². The average molecular weight is 197 g/mol. The molecular weight excluding hydrogens is 185 g/mol. The van der Waals surface area contributed by atoms with Gasteiger partial charge in [-0.05, 0) is 18.2 Å². The van der Waals surface area contributed by atoms with Gasteiger partial charge < -0.3 is 15.6 Å². The van der Waals surface area contributed by atoms with Crippen molar-refractivity contribution in [3.05, 3.63) is 29.6 Å². The summed E-state index contributed by atoms with van der Waals surface area (Å²) in [5.74, 6) is 0.131. The molecule has 0 aromatic heterocycles. The van der Waals surface area contributed by atoms with Crippen LogP contribution in [0, 0.1) is 5.82 Å². The highest BCUT2D eigenvalue weighted by atomic mass is 19.1. The Balaban J connectivity index is 2.52. The van der Waals surface area contributed by atoms with E-state index >= 15 is 0 Å². The predicted molar refractivity (Wildman–Crippen MR) is 49.5 cm³/mol. The van der Waals surface area contributed by atoms with Gasteiger partial charge in [0.05, 0.1) is 6.61 Å². The van der Waals surface area contributed by atoms with Crippen LogP contribution in [0.3, 0.4) is 0 Å². The molecule has 1 aromatic rings. The highest BCUT2D eigenvalue weighted by Crippen LogP contribution is 2.36. The van der Waals surface area contributed by atoms with Crippen LogP contribution in [0.5, 0.6) is 5.75 Å². The first-order chi connectivity index (χ1) is 6.65. The maximum absolute atomic E-state index is 13.0.